The third kappa shape index (κ3) is 5.38. The van der Waals surface area contributed by atoms with Crippen LogP contribution in [-0.2, 0) is 16.0 Å². The van der Waals surface area contributed by atoms with E-state index in [2.05, 4.69) is 20.7 Å². The van der Waals surface area contributed by atoms with Gasteiger partial charge in [0.2, 0.25) is 0 Å². The molecule has 0 unspecified atom stereocenters. The Morgan fingerprint density at radius 2 is 1.90 bits per heavy atom. The van der Waals surface area contributed by atoms with Gasteiger partial charge in [-0.25, -0.2) is 9.59 Å². The second-order valence-electron chi connectivity index (χ2n) is 5.64. The summed E-state index contributed by atoms with van der Waals surface area (Å²) in [6, 6.07) is 5.22. The van der Waals surface area contributed by atoms with E-state index in [0.717, 1.165) is 5.56 Å². The second-order valence-corrected chi connectivity index (χ2v) is 6.50. The minimum atomic E-state index is -0.527. The van der Waals surface area contributed by atoms with Crippen molar-refractivity contribution in [2.24, 2.45) is 0 Å². The maximum Gasteiger partial charge on any atom is 0.410 e. The van der Waals surface area contributed by atoms with E-state index in [1.165, 1.54) is 12.0 Å². The Morgan fingerprint density at radius 1 is 1.29 bits per heavy atom. The van der Waals surface area contributed by atoms with E-state index < -0.39 is 17.7 Å². The summed E-state index contributed by atoms with van der Waals surface area (Å²) in [6.07, 6.45) is -0.393. The van der Waals surface area contributed by atoms with Crippen LogP contribution in [-0.4, -0.2) is 36.7 Å². The molecule has 0 aliphatic carbocycles. The number of carbonyl (C=O) groups excluding carboxylic acids is 2. The molecule has 0 bridgehead atoms. The fourth-order valence-corrected chi connectivity index (χ4v) is 2.20. The van der Waals surface area contributed by atoms with Crippen molar-refractivity contribution in [1.82, 2.24) is 4.90 Å². The minimum absolute atomic E-state index is 0.384. The third-order valence-electron chi connectivity index (χ3n) is 2.56. The molecule has 0 saturated carbocycles. The number of hydrogen-bond acceptors (Lipinski definition) is 4. The van der Waals surface area contributed by atoms with E-state index in [-0.39, 0.29) is 0 Å². The summed E-state index contributed by atoms with van der Waals surface area (Å²) < 4.78 is 10.6. The van der Waals surface area contributed by atoms with Crippen molar-refractivity contribution in [2.45, 2.75) is 32.9 Å². The van der Waals surface area contributed by atoms with E-state index in [1.807, 2.05) is 20.8 Å². The number of rotatable bonds is 3. The number of ether oxygens (including phenoxy) is 2. The second kappa shape index (κ2) is 6.93. The molecule has 0 aliphatic rings. The monoisotopic (exact) mass is 357 g/mol. The molecule has 0 atom stereocenters. The van der Waals surface area contributed by atoms with Gasteiger partial charge < -0.3 is 14.4 Å². The van der Waals surface area contributed by atoms with Gasteiger partial charge in [0.25, 0.3) is 0 Å². The van der Waals surface area contributed by atoms with Crippen LogP contribution in [0.5, 0.6) is 0 Å². The highest BCUT2D eigenvalue weighted by molar-refractivity contribution is 9.10. The molecule has 5 nitrogen and oxygen atoms in total. The van der Waals surface area contributed by atoms with Crippen molar-refractivity contribution >= 4 is 28.0 Å². The van der Waals surface area contributed by atoms with Gasteiger partial charge in [-0.05, 0) is 54.4 Å². The van der Waals surface area contributed by atoms with Crippen LogP contribution in [0.2, 0.25) is 0 Å². The van der Waals surface area contributed by atoms with Crippen molar-refractivity contribution in [1.29, 1.82) is 0 Å². The number of benzene rings is 1. The molecule has 0 heterocycles. The van der Waals surface area contributed by atoms with Crippen molar-refractivity contribution in [2.75, 3.05) is 14.2 Å². The number of amides is 1. The van der Waals surface area contributed by atoms with Gasteiger partial charge in [-0.15, -0.1) is 0 Å². The Balaban J connectivity index is 2.78. The van der Waals surface area contributed by atoms with Gasteiger partial charge >= 0.3 is 12.1 Å². The SMILES string of the molecule is COC(=O)c1ccc(CN(C)C(=O)OC(C)(C)C)cc1Br. The average molecular weight is 358 g/mol. The van der Waals surface area contributed by atoms with Crippen molar-refractivity contribution in [3.63, 3.8) is 0 Å². The lowest BCUT2D eigenvalue weighted by Crippen LogP contribution is -2.33. The lowest BCUT2D eigenvalue weighted by atomic mass is 10.1. The first kappa shape index (κ1) is 17.5. The molecule has 0 spiro atoms. The first-order valence-corrected chi connectivity index (χ1v) is 7.24. The van der Waals surface area contributed by atoms with Gasteiger partial charge in [-0.1, -0.05) is 6.07 Å². The molecule has 0 radical (unpaired) electrons. The molecule has 1 aromatic rings. The highest BCUT2D eigenvalue weighted by Gasteiger charge is 2.20. The number of carbonyl (C=O) groups is 2. The quantitative estimate of drug-likeness (QED) is 0.775. The maximum atomic E-state index is 11.9. The molecular formula is C15H20BrNO4. The van der Waals surface area contributed by atoms with Crippen LogP contribution in [0.15, 0.2) is 22.7 Å². The van der Waals surface area contributed by atoms with E-state index >= 15 is 0 Å². The fraction of sp³-hybridized carbons (Fsp3) is 0.467. The third-order valence-corrected chi connectivity index (χ3v) is 3.22. The summed E-state index contributed by atoms with van der Waals surface area (Å²) in [5.74, 6) is -0.408. The molecule has 1 rings (SSSR count). The van der Waals surface area contributed by atoms with E-state index in [4.69, 9.17) is 4.74 Å². The van der Waals surface area contributed by atoms with Crippen LogP contribution >= 0.6 is 15.9 Å². The molecule has 1 aromatic carbocycles. The largest absolute Gasteiger partial charge is 0.465 e. The number of halogens is 1. The summed E-state index contributed by atoms with van der Waals surface area (Å²) in [5, 5.41) is 0. The summed E-state index contributed by atoms with van der Waals surface area (Å²) in [7, 11) is 3.00. The zero-order valence-electron chi connectivity index (χ0n) is 12.9. The molecule has 116 valence electrons. The predicted molar refractivity (Wildman–Crippen MR) is 83.2 cm³/mol. The standard InChI is InChI=1S/C15H20BrNO4/c1-15(2,3)21-14(19)17(4)9-10-6-7-11(12(16)8-10)13(18)20-5/h6-8H,9H2,1-5H3. The van der Waals surface area contributed by atoms with Gasteiger partial charge in [0, 0.05) is 18.1 Å². The highest BCUT2D eigenvalue weighted by Crippen LogP contribution is 2.20. The first-order chi connectivity index (χ1) is 9.64. The van der Waals surface area contributed by atoms with Gasteiger partial charge in [-0.3, -0.25) is 0 Å². The van der Waals surface area contributed by atoms with E-state index in [9.17, 15) is 9.59 Å². The Hall–Kier alpha value is -1.56. The summed E-state index contributed by atoms with van der Waals surface area (Å²) in [6.45, 7) is 5.84. The molecule has 0 aromatic heterocycles. The number of hydrogen-bond donors (Lipinski definition) is 0. The van der Waals surface area contributed by atoms with Crippen LogP contribution in [0.3, 0.4) is 0 Å². The van der Waals surface area contributed by atoms with Crippen LogP contribution in [0.4, 0.5) is 4.79 Å². The number of nitrogens with zero attached hydrogens (tertiary/aromatic N) is 1. The number of esters is 1. The Kier molecular flexibility index (Phi) is 5.78. The zero-order chi connectivity index (χ0) is 16.2. The van der Waals surface area contributed by atoms with Crippen molar-refractivity contribution < 1.29 is 19.1 Å². The molecule has 6 heteroatoms. The molecule has 0 N–H and O–H groups in total. The van der Waals surface area contributed by atoms with Gasteiger partial charge in [0.1, 0.15) is 5.60 Å². The van der Waals surface area contributed by atoms with Crippen LogP contribution in [0, 0.1) is 0 Å². The molecule has 21 heavy (non-hydrogen) atoms. The van der Waals surface area contributed by atoms with Gasteiger partial charge in [0.05, 0.1) is 12.7 Å². The molecule has 1 amide bonds. The zero-order valence-corrected chi connectivity index (χ0v) is 14.5. The lowest BCUT2D eigenvalue weighted by Gasteiger charge is -2.24. The minimum Gasteiger partial charge on any atom is -0.465 e. The van der Waals surface area contributed by atoms with Gasteiger partial charge in [-0.2, -0.15) is 0 Å². The van der Waals surface area contributed by atoms with Gasteiger partial charge in [0.15, 0.2) is 0 Å². The summed E-state index contributed by atoms with van der Waals surface area (Å²) >= 11 is 3.33. The molecular weight excluding hydrogens is 338 g/mol. The number of methoxy groups -OCH3 is 1. The predicted octanol–water partition coefficient (Wildman–Crippen LogP) is 3.60. The summed E-state index contributed by atoms with van der Waals surface area (Å²) in [5.41, 5.74) is 0.796. The Labute approximate surface area is 133 Å². The molecule has 0 saturated heterocycles. The van der Waals surface area contributed by atoms with E-state index in [0.29, 0.717) is 16.6 Å². The Bertz CT molecular complexity index is 537. The smallest absolute Gasteiger partial charge is 0.410 e. The van der Waals surface area contributed by atoms with Crippen molar-refractivity contribution in [3.8, 4) is 0 Å². The van der Waals surface area contributed by atoms with Crippen molar-refractivity contribution in [3.05, 3.63) is 33.8 Å². The topological polar surface area (TPSA) is 55.8 Å². The summed E-state index contributed by atoms with van der Waals surface area (Å²) in [4.78, 5) is 24.9. The molecule has 0 aliphatic heterocycles. The normalized spacial score (nSPS) is 11.0. The Morgan fingerprint density at radius 3 is 2.38 bits per heavy atom. The van der Waals surface area contributed by atoms with Crippen LogP contribution in [0.25, 0.3) is 0 Å². The van der Waals surface area contributed by atoms with Crippen LogP contribution in [0.1, 0.15) is 36.7 Å². The lowest BCUT2D eigenvalue weighted by molar-refractivity contribution is 0.0284. The fourth-order valence-electron chi connectivity index (χ4n) is 1.61. The van der Waals surface area contributed by atoms with E-state index in [1.54, 1.807) is 25.2 Å². The maximum absolute atomic E-state index is 11.9. The first-order valence-electron chi connectivity index (χ1n) is 6.45. The molecule has 0 fully saturated rings. The highest BCUT2D eigenvalue weighted by atomic mass is 79.9. The average Bonchev–Trinajstić information content (AvgIpc) is 2.36. The van der Waals surface area contributed by atoms with Crippen LogP contribution < -0.4 is 0 Å².